The highest BCUT2D eigenvalue weighted by Crippen LogP contribution is 2.19. The van der Waals surface area contributed by atoms with Crippen molar-refractivity contribution in [2.45, 2.75) is 49.3 Å². The molecule has 0 fully saturated rings. The molecule has 6 heteroatoms. The molecule has 0 saturated heterocycles. The molecule has 0 aliphatic carbocycles. The summed E-state index contributed by atoms with van der Waals surface area (Å²) in [5.74, 6) is 0.0750. The first-order valence-corrected chi connectivity index (χ1v) is 10.1. The standard InChI is InChI=1S/C14H21O4S2/c1-3-5-10-19(15,16)13-8-7-9-14(12-13)20(17,18)11-6-4-2/h8-9,12H,3-6,10-11H2,1-2H3. The van der Waals surface area contributed by atoms with Crippen LogP contribution in [0.2, 0.25) is 0 Å². The highest BCUT2D eigenvalue weighted by molar-refractivity contribution is 7.92. The van der Waals surface area contributed by atoms with Gasteiger partial charge >= 0.3 is 0 Å². The summed E-state index contributed by atoms with van der Waals surface area (Å²) in [5, 5.41) is 0. The predicted molar refractivity (Wildman–Crippen MR) is 79.2 cm³/mol. The van der Waals surface area contributed by atoms with Crippen LogP contribution in [0.4, 0.5) is 0 Å². The Hall–Kier alpha value is -0.880. The van der Waals surface area contributed by atoms with Gasteiger partial charge in [0.05, 0.1) is 21.3 Å². The smallest absolute Gasteiger partial charge is 0.178 e. The van der Waals surface area contributed by atoms with Gasteiger partial charge < -0.3 is 0 Å². The zero-order chi connectivity index (χ0) is 15.2. The molecule has 0 spiro atoms. The molecule has 0 bridgehead atoms. The lowest BCUT2D eigenvalue weighted by Crippen LogP contribution is -2.10. The van der Waals surface area contributed by atoms with E-state index in [0.29, 0.717) is 12.8 Å². The molecule has 0 aliphatic heterocycles. The Kier molecular flexibility index (Phi) is 6.20. The summed E-state index contributed by atoms with van der Waals surface area (Å²) in [5.41, 5.74) is 0. The molecular formula is C14H21O4S2. The van der Waals surface area contributed by atoms with Gasteiger partial charge in [0.15, 0.2) is 19.7 Å². The van der Waals surface area contributed by atoms with Gasteiger partial charge in [0, 0.05) is 0 Å². The zero-order valence-corrected chi connectivity index (χ0v) is 13.6. The first kappa shape index (κ1) is 17.2. The minimum Gasteiger partial charge on any atom is -0.224 e. The zero-order valence-electron chi connectivity index (χ0n) is 11.9. The number of hydrogen-bond acceptors (Lipinski definition) is 4. The molecule has 20 heavy (non-hydrogen) atoms. The van der Waals surface area contributed by atoms with Crippen molar-refractivity contribution in [1.29, 1.82) is 0 Å². The molecule has 0 aliphatic rings. The molecule has 0 N–H and O–H groups in total. The number of hydrogen-bond donors (Lipinski definition) is 0. The van der Waals surface area contributed by atoms with Crippen LogP contribution in [-0.4, -0.2) is 28.3 Å². The van der Waals surface area contributed by atoms with E-state index in [1.807, 2.05) is 13.8 Å². The quantitative estimate of drug-likeness (QED) is 0.739. The van der Waals surface area contributed by atoms with Crippen LogP contribution in [0, 0.1) is 6.07 Å². The second-order valence-electron chi connectivity index (χ2n) is 4.75. The first-order chi connectivity index (χ1) is 9.33. The summed E-state index contributed by atoms with van der Waals surface area (Å²) in [7, 11) is -6.84. The summed E-state index contributed by atoms with van der Waals surface area (Å²) in [6.07, 6.45) is 2.68. The van der Waals surface area contributed by atoms with E-state index in [1.165, 1.54) is 18.2 Å². The van der Waals surface area contributed by atoms with Crippen LogP contribution < -0.4 is 0 Å². The molecule has 4 nitrogen and oxygen atoms in total. The molecule has 113 valence electrons. The van der Waals surface area contributed by atoms with Crippen molar-refractivity contribution in [2.24, 2.45) is 0 Å². The first-order valence-electron chi connectivity index (χ1n) is 6.80. The van der Waals surface area contributed by atoms with Crippen molar-refractivity contribution >= 4 is 19.7 Å². The summed E-state index contributed by atoms with van der Waals surface area (Å²) in [6.45, 7) is 3.82. The van der Waals surface area contributed by atoms with E-state index in [9.17, 15) is 16.8 Å². The minimum absolute atomic E-state index is 0.0375. The number of sulfone groups is 2. The van der Waals surface area contributed by atoms with E-state index < -0.39 is 19.7 Å². The predicted octanol–water partition coefficient (Wildman–Crippen LogP) is 2.63. The third-order valence-electron chi connectivity index (χ3n) is 2.99. The van der Waals surface area contributed by atoms with Gasteiger partial charge in [0.25, 0.3) is 0 Å². The third kappa shape index (κ3) is 4.59. The Morgan fingerprint density at radius 1 is 0.850 bits per heavy atom. The Morgan fingerprint density at radius 2 is 1.25 bits per heavy atom. The average Bonchev–Trinajstić information content (AvgIpc) is 2.43. The van der Waals surface area contributed by atoms with Gasteiger partial charge in [-0.2, -0.15) is 0 Å². The van der Waals surface area contributed by atoms with Crippen molar-refractivity contribution < 1.29 is 16.8 Å². The lowest BCUT2D eigenvalue weighted by molar-refractivity contribution is 0.590. The molecule has 1 rings (SSSR count). The van der Waals surface area contributed by atoms with Crippen LogP contribution >= 0.6 is 0 Å². The number of benzene rings is 1. The SMILES string of the molecule is CCCCS(=O)(=O)c1c[c]cc(S(=O)(=O)CCCC)c1. The second-order valence-corrected chi connectivity index (χ2v) is 8.97. The normalized spacial score (nSPS) is 12.5. The van der Waals surface area contributed by atoms with Gasteiger partial charge in [-0.25, -0.2) is 16.8 Å². The van der Waals surface area contributed by atoms with Gasteiger partial charge in [0.2, 0.25) is 0 Å². The summed E-state index contributed by atoms with van der Waals surface area (Å²) in [6, 6.07) is 6.57. The van der Waals surface area contributed by atoms with Gasteiger partial charge in [0.1, 0.15) is 0 Å². The molecule has 1 aromatic carbocycles. The molecule has 0 heterocycles. The topological polar surface area (TPSA) is 68.3 Å². The maximum absolute atomic E-state index is 12.1. The number of rotatable bonds is 8. The second kappa shape index (κ2) is 7.22. The van der Waals surface area contributed by atoms with Crippen LogP contribution in [0.25, 0.3) is 0 Å². The maximum atomic E-state index is 12.1. The average molecular weight is 317 g/mol. The van der Waals surface area contributed by atoms with Crippen molar-refractivity contribution in [3.63, 3.8) is 0 Å². The van der Waals surface area contributed by atoms with Crippen molar-refractivity contribution in [3.8, 4) is 0 Å². The van der Waals surface area contributed by atoms with Crippen molar-refractivity contribution in [2.75, 3.05) is 11.5 Å². The molecule has 0 unspecified atom stereocenters. The van der Waals surface area contributed by atoms with Gasteiger partial charge in [-0.3, -0.25) is 0 Å². The van der Waals surface area contributed by atoms with Gasteiger partial charge in [-0.1, -0.05) is 26.7 Å². The molecule has 1 aromatic rings. The van der Waals surface area contributed by atoms with E-state index in [1.54, 1.807) is 0 Å². The van der Waals surface area contributed by atoms with Crippen LogP contribution in [0.5, 0.6) is 0 Å². The highest BCUT2D eigenvalue weighted by Gasteiger charge is 2.19. The van der Waals surface area contributed by atoms with Crippen LogP contribution in [0.1, 0.15) is 39.5 Å². The van der Waals surface area contributed by atoms with E-state index in [0.717, 1.165) is 12.8 Å². The fourth-order valence-electron chi connectivity index (χ4n) is 1.69. The van der Waals surface area contributed by atoms with E-state index in [4.69, 9.17) is 0 Å². The Bertz CT molecular complexity index is 578. The Labute approximate surface area is 122 Å². The molecule has 0 aromatic heterocycles. The lowest BCUT2D eigenvalue weighted by atomic mass is 10.4. The van der Waals surface area contributed by atoms with Crippen LogP contribution in [0.15, 0.2) is 28.0 Å². The van der Waals surface area contributed by atoms with Crippen LogP contribution in [-0.2, 0) is 19.7 Å². The van der Waals surface area contributed by atoms with E-state index in [2.05, 4.69) is 6.07 Å². The van der Waals surface area contributed by atoms with E-state index >= 15 is 0 Å². The molecule has 0 saturated carbocycles. The maximum Gasteiger partial charge on any atom is 0.178 e. The van der Waals surface area contributed by atoms with Crippen molar-refractivity contribution in [3.05, 3.63) is 24.3 Å². The summed E-state index contributed by atoms with van der Waals surface area (Å²) in [4.78, 5) is 0.0899. The molecule has 1 radical (unpaired) electrons. The lowest BCUT2D eigenvalue weighted by Gasteiger charge is -2.07. The van der Waals surface area contributed by atoms with E-state index in [-0.39, 0.29) is 21.3 Å². The molecule has 0 atom stereocenters. The summed E-state index contributed by atoms with van der Waals surface area (Å²) < 4.78 is 48.3. The minimum atomic E-state index is -3.42. The molecular weight excluding hydrogens is 296 g/mol. The van der Waals surface area contributed by atoms with Crippen molar-refractivity contribution in [1.82, 2.24) is 0 Å². The van der Waals surface area contributed by atoms with Gasteiger partial charge in [-0.05, 0) is 37.1 Å². The Morgan fingerprint density at radius 3 is 1.60 bits per heavy atom. The fourth-order valence-corrected chi connectivity index (χ4v) is 4.68. The summed E-state index contributed by atoms with van der Waals surface area (Å²) >= 11 is 0. The van der Waals surface area contributed by atoms with Crippen LogP contribution in [0.3, 0.4) is 0 Å². The Balaban J connectivity index is 3.08. The number of unbranched alkanes of at least 4 members (excludes halogenated alkanes) is 2. The monoisotopic (exact) mass is 317 g/mol. The fraction of sp³-hybridized carbons (Fsp3) is 0.571. The molecule has 0 amide bonds. The third-order valence-corrected chi connectivity index (χ3v) is 6.55. The largest absolute Gasteiger partial charge is 0.224 e. The highest BCUT2D eigenvalue weighted by atomic mass is 32.2. The van der Waals surface area contributed by atoms with Gasteiger partial charge in [-0.15, -0.1) is 0 Å².